The molecule has 0 saturated carbocycles. The van der Waals surface area contributed by atoms with Crippen LogP contribution in [0.4, 0.5) is 5.82 Å². The second-order valence-corrected chi connectivity index (χ2v) is 3.57. The Balaban J connectivity index is 2.52. The zero-order valence-electron chi connectivity index (χ0n) is 9.96. The number of anilines is 1. The number of nitriles is 1. The third-order valence-electron chi connectivity index (χ3n) is 2.39. The lowest BCUT2D eigenvalue weighted by atomic mass is 10.1. The Hall–Kier alpha value is -2.67. The molecular weight excluding hydrogens is 224 g/mol. The van der Waals surface area contributed by atoms with Crippen LogP contribution >= 0.6 is 0 Å². The zero-order chi connectivity index (χ0) is 12.8. The average Bonchev–Trinajstić information content (AvgIpc) is 2.45. The van der Waals surface area contributed by atoms with Crippen LogP contribution in [-0.4, -0.2) is 9.97 Å². The smallest absolute Gasteiger partial charge is 0.151 e. The predicted molar refractivity (Wildman–Crippen MR) is 70.6 cm³/mol. The Morgan fingerprint density at radius 2 is 2.00 bits per heavy atom. The minimum Gasteiger partial charge on any atom is -0.346 e. The first-order chi connectivity index (χ1) is 8.86. The van der Waals surface area contributed by atoms with Gasteiger partial charge in [-0.2, -0.15) is 5.26 Å². The summed E-state index contributed by atoms with van der Waals surface area (Å²) in [5.74, 6) is 0.518. The molecule has 18 heavy (non-hydrogen) atoms. The molecule has 0 aliphatic carbocycles. The molecule has 0 aliphatic heterocycles. The van der Waals surface area contributed by atoms with Crippen molar-refractivity contribution in [3.8, 4) is 17.3 Å². The summed E-state index contributed by atoms with van der Waals surface area (Å²) in [6, 6.07) is 11.7. The third-order valence-corrected chi connectivity index (χ3v) is 2.39. The van der Waals surface area contributed by atoms with Crippen molar-refractivity contribution in [3.63, 3.8) is 0 Å². The van der Waals surface area contributed by atoms with Crippen molar-refractivity contribution in [3.05, 3.63) is 54.5 Å². The molecule has 0 atom stereocenters. The van der Waals surface area contributed by atoms with Gasteiger partial charge in [-0.15, -0.1) is 0 Å². The molecule has 1 heterocycles. The standard InChI is InChI=1S/C14H12N4/c1-2-8-16-14-12(9-15)13(17-10-18-14)11-6-4-3-5-7-11/h2-8,10H,1H3,(H,16,17,18)/b8-2+. The lowest BCUT2D eigenvalue weighted by Gasteiger charge is -2.07. The number of hydrogen-bond acceptors (Lipinski definition) is 4. The van der Waals surface area contributed by atoms with Gasteiger partial charge in [-0.3, -0.25) is 0 Å². The zero-order valence-corrected chi connectivity index (χ0v) is 9.96. The Bertz CT molecular complexity index is 597. The first-order valence-corrected chi connectivity index (χ1v) is 5.55. The summed E-state index contributed by atoms with van der Waals surface area (Å²) >= 11 is 0. The number of nitrogens with zero attached hydrogens (tertiary/aromatic N) is 3. The molecule has 1 N–H and O–H groups in total. The van der Waals surface area contributed by atoms with Gasteiger partial charge >= 0.3 is 0 Å². The summed E-state index contributed by atoms with van der Waals surface area (Å²) in [4.78, 5) is 8.27. The van der Waals surface area contributed by atoms with Crippen molar-refractivity contribution < 1.29 is 0 Å². The van der Waals surface area contributed by atoms with Crippen molar-refractivity contribution in [2.45, 2.75) is 6.92 Å². The van der Waals surface area contributed by atoms with Gasteiger partial charge in [0, 0.05) is 5.56 Å². The van der Waals surface area contributed by atoms with E-state index < -0.39 is 0 Å². The number of rotatable bonds is 3. The number of allylic oxidation sites excluding steroid dienone is 1. The van der Waals surface area contributed by atoms with Crippen molar-refractivity contribution in [1.29, 1.82) is 5.26 Å². The SMILES string of the molecule is C/C=C/Nc1ncnc(-c2ccccc2)c1C#N. The predicted octanol–water partition coefficient (Wildman–Crippen LogP) is 2.96. The molecular formula is C14H12N4. The summed E-state index contributed by atoms with van der Waals surface area (Å²) in [6.07, 6.45) is 5.03. The fourth-order valence-electron chi connectivity index (χ4n) is 1.58. The molecule has 0 amide bonds. The molecule has 0 unspecified atom stereocenters. The van der Waals surface area contributed by atoms with E-state index in [1.807, 2.05) is 43.3 Å². The molecule has 0 aliphatic rings. The molecule has 0 bridgehead atoms. The second-order valence-electron chi connectivity index (χ2n) is 3.57. The van der Waals surface area contributed by atoms with Crippen LogP contribution in [0.5, 0.6) is 0 Å². The summed E-state index contributed by atoms with van der Waals surface area (Å²) in [5, 5.41) is 12.2. The van der Waals surface area contributed by atoms with Crippen LogP contribution in [0, 0.1) is 11.3 Å². The van der Waals surface area contributed by atoms with Crippen LogP contribution in [0.3, 0.4) is 0 Å². The highest BCUT2D eigenvalue weighted by Crippen LogP contribution is 2.24. The van der Waals surface area contributed by atoms with Crippen LogP contribution in [-0.2, 0) is 0 Å². The molecule has 2 aromatic rings. The van der Waals surface area contributed by atoms with Crippen LogP contribution in [0.15, 0.2) is 48.9 Å². The minimum atomic E-state index is 0.446. The van der Waals surface area contributed by atoms with Crippen LogP contribution < -0.4 is 5.32 Å². The molecule has 4 nitrogen and oxygen atoms in total. The number of aromatic nitrogens is 2. The van der Waals surface area contributed by atoms with E-state index in [0.29, 0.717) is 17.1 Å². The van der Waals surface area contributed by atoms with E-state index in [1.165, 1.54) is 6.33 Å². The second kappa shape index (κ2) is 5.60. The van der Waals surface area contributed by atoms with E-state index >= 15 is 0 Å². The Kier molecular flexibility index (Phi) is 3.67. The van der Waals surface area contributed by atoms with Gasteiger partial charge in [0.2, 0.25) is 0 Å². The summed E-state index contributed by atoms with van der Waals surface area (Å²) in [6.45, 7) is 1.89. The molecule has 0 spiro atoms. The van der Waals surface area contributed by atoms with Crippen molar-refractivity contribution in [2.75, 3.05) is 5.32 Å². The average molecular weight is 236 g/mol. The summed E-state index contributed by atoms with van der Waals surface area (Å²) < 4.78 is 0. The lowest BCUT2D eigenvalue weighted by Crippen LogP contribution is -1.99. The van der Waals surface area contributed by atoms with Gasteiger partial charge in [-0.1, -0.05) is 36.4 Å². The molecule has 0 saturated heterocycles. The van der Waals surface area contributed by atoms with Crippen molar-refractivity contribution >= 4 is 5.82 Å². The van der Waals surface area contributed by atoms with E-state index in [-0.39, 0.29) is 0 Å². The normalized spacial score (nSPS) is 10.2. The highest BCUT2D eigenvalue weighted by molar-refractivity contribution is 5.72. The molecule has 88 valence electrons. The van der Waals surface area contributed by atoms with Gasteiger partial charge in [0.25, 0.3) is 0 Å². The van der Waals surface area contributed by atoms with Crippen LogP contribution in [0.1, 0.15) is 12.5 Å². The molecule has 2 rings (SSSR count). The molecule has 0 radical (unpaired) electrons. The van der Waals surface area contributed by atoms with E-state index in [0.717, 1.165) is 5.56 Å². The minimum absolute atomic E-state index is 0.446. The Labute approximate surface area is 106 Å². The number of benzene rings is 1. The highest BCUT2D eigenvalue weighted by atomic mass is 15.0. The Morgan fingerprint density at radius 3 is 2.67 bits per heavy atom. The molecule has 1 aromatic heterocycles. The van der Waals surface area contributed by atoms with Crippen molar-refractivity contribution in [1.82, 2.24) is 9.97 Å². The topological polar surface area (TPSA) is 61.6 Å². The fourth-order valence-corrected chi connectivity index (χ4v) is 1.58. The van der Waals surface area contributed by atoms with E-state index in [2.05, 4.69) is 21.4 Å². The molecule has 4 heteroatoms. The third kappa shape index (κ3) is 2.36. The van der Waals surface area contributed by atoms with Crippen LogP contribution in [0.2, 0.25) is 0 Å². The van der Waals surface area contributed by atoms with E-state index in [9.17, 15) is 5.26 Å². The fraction of sp³-hybridized carbons (Fsp3) is 0.0714. The van der Waals surface area contributed by atoms with Gasteiger partial charge in [-0.25, -0.2) is 9.97 Å². The van der Waals surface area contributed by atoms with Gasteiger partial charge in [0.05, 0.1) is 5.69 Å². The van der Waals surface area contributed by atoms with Gasteiger partial charge in [0.1, 0.15) is 18.0 Å². The summed E-state index contributed by atoms with van der Waals surface area (Å²) in [5.41, 5.74) is 1.99. The molecule has 0 fully saturated rings. The van der Waals surface area contributed by atoms with Gasteiger partial charge in [-0.05, 0) is 13.1 Å². The van der Waals surface area contributed by atoms with Crippen LogP contribution in [0.25, 0.3) is 11.3 Å². The van der Waals surface area contributed by atoms with Gasteiger partial charge in [0.15, 0.2) is 5.82 Å². The Morgan fingerprint density at radius 1 is 1.22 bits per heavy atom. The highest BCUT2D eigenvalue weighted by Gasteiger charge is 2.11. The first kappa shape index (κ1) is 11.8. The lowest BCUT2D eigenvalue weighted by molar-refractivity contribution is 1.15. The van der Waals surface area contributed by atoms with E-state index in [1.54, 1.807) is 6.20 Å². The quantitative estimate of drug-likeness (QED) is 0.889. The van der Waals surface area contributed by atoms with E-state index in [4.69, 9.17) is 0 Å². The maximum absolute atomic E-state index is 9.27. The van der Waals surface area contributed by atoms with Gasteiger partial charge < -0.3 is 5.32 Å². The largest absolute Gasteiger partial charge is 0.346 e. The van der Waals surface area contributed by atoms with Crippen molar-refractivity contribution in [2.24, 2.45) is 0 Å². The maximum atomic E-state index is 9.27. The number of nitrogens with one attached hydrogen (secondary N) is 1. The monoisotopic (exact) mass is 236 g/mol. The number of hydrogen-bond donors (Lipinski definition) is 1. The summed E-state index contributed by atoms with van der Waals surface area (Å²) in [7, 11) is 0. The maximum Gasteiger partial charge on any atom is 0.151 e. The first-order valence-electron chi connectivity index (χ1n) is 5.55. The molecule has 1 aromatic carbocycles.